The minimum absolute atomic E-state index is 0.0796. The highest BCUT2D eigenvalue weighted by Gasteiger charge is 2.15. The van der Waals surface area contributed by atoms with Gasteiger partial charge in [-0.25, -0.2) is 0 Å². The Morgan fingerprint density at radius 2 is 2.06 bits per heavy atom. The van der Waals surface area contributed by atoms with Crippen molar-refractivity contribution in [3.63, 3.8) is 0 Å². The second-order valence-corrected chi connectivity index (χ2v) is 3.89. The summed E-state index contributed by atoms with van der Waals surface area (Å²) >= 11 is 0. The molecule has 1 amide bonds. The third kappa shape index (κ3) is 4.00. The fourth-order valence-electron chi connectivity index (χ4n) is 1.36. The van der Waals surface area contributed by atoms with Gasteiger partial charge < -0.3 is 16.2 Å². The molecule has 0 radical (unpaired) electrons. The number of nitrogens with two attached hydrogens (primary N) is 1. The number of aliphatic hydroxyl groups is 1. The molecule has 2 atom stereocenters. The third-order valence-electron chi connectivity index (χ3n) is 2.30. The predicted molar refractivity (Wildman–Crippen MR) is 62.8 cm³/mol. The molecule has 16 heavy (non-hydrogen) atoms. The summed E-state index contributed by atoms with van der Waals surface area (Å²) in [7, 11) is 0. The lowest BCUT2D eigenvalue weighted by Gasteiger charge is -2.15. The molecule has 4 N–H and O–H groups in total. The summed E-state index contributed by atoms with van der Waals surface area (Å²) in [6, 6.07) is 8.78. The lowest BCUT2D eigenvalue weighted by molar-refractivity contribution is -0.123. The average Bonchev–Trinajstić information content (AvgIpc) is 2.30. The van der Waals surface area contributed by atoms with Crippen LogP contribution >= 0.6 is 0 Å². The Morgan fingerprint density at radius 3 is 2.62 bits per heavy atom. The summed E-state index contributed by atoms with van der Waals surface area (Å²) in [5.41, 5.74) is 6.79. The number of benzene rings is 1. The second kappa shape index (κ2) is 6.25. The number of carbonyl (C=O) groups is 1. The van der Waals surface area contributed by atoms with E-state index in [9.17, 15) is 4.79 Å². The standard InChI is InChI=1S/C12H18N2O2/c1-9(8-15)14-12(16)11(13)7-10-5-3-2-4-6-10/h2-6,9,11,15H,7-8,13H2,1H3,(H,14,16)/t9-,11-/m1/s1. The fraction of sp³-hybridized carbons (Fsp3) is 0.417. The molecule has 0 bridgehead atoms. The number of aliphatic hydroxyl groups excluding tert-OH is 1. The van der Waals surface area contributed by atoms with Gasteiger partial charge in [-0.2, -0.15) is 0 Å². The molecule has 0 saturated carbocycles. The lowest BCUT2D eigenvalue weighted by Crippen LogP contribution is -2.46. The molecule has 1 aromatic carbocycles. The molecule has 4 nitrogen and oxygen atoms in total. The third-order valence-corrected chi connectivity index (χ3v) is 2.30. The highest BCUT2D eigenvalue weighted by atomic mass is 16.3. The Morgan fingerprint density at radius 1 is 1.44 bits per heavy atom. The van der Waals surface area contributed by atoms with E-state index in [1.165, 1.54) is 0 Å². The Kier molecular flexibility index (Phi) is 4.95. The van der Waals surface area contributed by atoms with Crippen LogP contribution in [0.5, 0.6) is 0 Å². The van der Waals surface area contributed by atoms with E-state index < -0.39 is 6.04 Å². The first-order valence-electron chi connectivity index (χ1n) is 5.34. The van der Waals surface area contributed by atoms with Crippen LogP contribution in [0.1, 0.15) is 12.5 Å². The first-order valence-corrected chi connectivity index (χ1v) is 5.34. The lowest BCUT2D eigenvalue weighted by atomic mass is 10.1. The van der Waals surface area contributed by atoms with E-state index >= 15 is 0 Å². The smallest absolute Gasteiger partial charge is 0.237 e. The van der Waals surface area contributed by atoms with E-state index in [0.29, 0.717) is 6.42 Å². The molecule has 0 aliphatic heterocycles. The fourth-order valence-corrected chi connectivity index (χ4v) is 1.36. The SMILES string of the molecule is C[C@H](CO)NC(=O)[C@H](N)Cc1ccccc1. The molecule has 0 spiro atoms. The van der Waals surface area contributed by atoms with Crippen molar-refractivity contribution in [1.29, 1.82) is 0 Å². The summed E-state index contributed by atoms with van der Waals surface area (Å²) in [6.07, 6.45) is 0.505. The van der Waals surface area contributed by atoms with Crippen LogP contribution in [0.4, 0.5) is 0 Å². The number of carbonyl (C=O) groups excluding carboxylic acids is 1. The van der Waals surface area contributed by atoms with Crippen LogP contribution in [0.25, 0.3) is 0 Å². The van der Waals surface area contributed by atoms with Gasteiger partial charge in [0.1, 0.15) is 0 Å². The van der Waals surface area contributed by atoms with Gasteiger partial charge in [-0.15, -0.1) is 0 Å². The highest BCUT2D eigenvalue weighted by Crippen LogP contribution is 2.01. The van der Waals surface area contributed by atoms with Crippen molar-refractivity contribution in [3.05, 3.63) is 35.9 Å². The molecular formula is C12H18N2O2. The Balaban J connectivity index is 2.46. The van der Waals surface area contributed by atoms with Crippen molar-refractivity contribution in [2.75, 3.05) is 6.61 Å². The van der Waals surface area contributed by atoms with Crippen molar-refractivity contribution < 1.29 is 9.90 Å². The van der Waals surface area contributed by atoms with E-state index in [-0.39, 0.29) is 18.6 Å². The van der Waals surface area contributed by atoms with Gasteiger partial charge in [-0.1, -0.05) is 30.3 Å². The molecule has 1 rings (SSSR count). The second-order valence-electron chi connectivity index (χ2n) is 3.89. The quantitative estimate of drug-likeness (QED) is 0.659. The first-order chi connectivity index (χ1) is 7.63. The number of nitrogens with one attached hydrogen (secondary N) is 1. The van der Waals surface area contributed by atoms with E-state index in [1.807, 2.05) is 30.3 Å². The largest absolute Gasteiger partial charge is 0.394 e. The van der Waals surface area contributed by atoms with Crippen molar-refractivity contribution in [2.45, 2.75) is 25.4 Å². The summed E-state index contributed by atoms with van der Waals surface area (Å²) < 4.78 is 0. The monoisotopic (exact) mass is 222 g/mol. The molecule has 0 aliphatic rings. The van der Waals surface area contributed by atoms with Crippen LogP contribution < -0.4 is 11.1 Å². The van der Waals surface area contributed by atoms with Crippen molar-refractivity contribution in [1.82, 2.24) is 5.32 Å². The van der Waals surface area contributed by atoms with Crippen LogP contribution in [0, 0.1) is 0 Å². The molecule has 0 unspecified atom stereocenters. The van der Waals surface area contributed by atoms with E-state index in [0.717, 1.165) is 5.56 Å². The summed E-state index contributed by atoms with van der Waals surface area (Å²) in [5.74, 6) is -0.231. The molecule has 0 heterocycles. The van der Waals surface area contributed by atoms with E-state index in [1.54, 1.807) is 6.92 Å². The Hall–Kier alpha value is -1.39. The minimum Gasteiger partial charge on any atom is -0.394 e. The van der Waals surface area contributed by atoms with Gasteiger partial charge in [0.25, 0.3) is 0 Å². The Bertz CT molecular complexity index is 327. The maximum atomic E-state index is 11.6. The number of hydrogen-bond acceptors (Lipinski definition) is 3. The first kappa shape index (κ1) is 12.7. The van der Waals surface area contributed by atoms with Crippen molar-refractivity contribution in [3.8, 4) is 0 Å². The van der Waals surface area contributed by atoms with Crippen LogP contribution in [0.3, 0.4) is 0 Å². The minimum atomic E-state index is -0.573. The van der Waals surface area contributed by atoms with Gasteiger partial charge in [0.2, 0.25) is 5.91 Å². The van der Waals surface area contributed by atoms with Gasteiger partial charge in [0.15, 0.2) is 0 Å². The highest BCUT2D eigenvalue weighted by molar-refractivity contribution is 5.82. The molecule has 4 heteroatoms. The van der Waals surface area contributed by atoms with Gasteiger partial charge in [-0.3, -0.25) is 4.79 Å². The van der Waals surface area contributed by atoms with Crippen molar-refractivity contribution in [2.24, 2.45) is 5.73 Å². The van der Waals surface area contributed by atoms with Gasteiger partial charge in [0, 0.05) is 6.04 Å². The number of amides is 1. The molecule has 0 saturated heterocycles. The van der Waals surface area contributed by atoms with Crippen LogP contribution in [0.15, 0.2) is 30.3 Å². The molecular weight excluding hydrogens is 204 g/mol. The zero-order chi connectivity index (χ0) is 12.0. The average molecular weight is 222 g/mol. The van der Waals surface area contributed by atoms with Crippen LogP contribution in [-0.2, 0) is 11.2 Å². The van der Waals surface area contributed by atoms with Gasteiger partial charge in [0.05, 0.1) is 12.6 Å². The molecule has 88 valence electrons. The predicted octanol–water partition coefficient (Wildman–Crippen LogP) is 0.0534. The maximum absolute atomic E-state index is 11.6. The van der Waals surface area contributed by atoms with Crippen molar-refractivity contribution >= 4 is 5.91 Å². The Labute approximate surface area is 95.5 Å². The molecule has 0 aromatic heterocycles. The zero-order valence-electron chi connectivity index (χ0n) is 9.39. The topological polar surface area (TPSA) is 75.3 Å². The number of rotatable bonds is 5. The molecule has 0 fully saturated rings. The van der Waals surface area contributed by atoms with Gasteiger partial charge in [-0.05, 0) is 18.9 Å². The van der Waals surface area contributed by atoms with E-state index in [4.69, 9.17) is 10.8 Å². The summed E-state index contributed by atoms with van der Waals surface area (Å²) in [6.45, 7) is 1.65. The van der Waals surface area contributed by atoms with Crippen LogP contribution in [0.2, 0.25) is 0 Å². The summed E-state index contributed by atoms with van der Waals surface area (Å²) in [5, 5.41) is 11.4. The zero-order valence-corrected chi connectivity index (χ0v) is 9.39. The number of hydrogen-bond donors (Lipinski definition) is 3. The van der Waals surface area contributed by atoms with E-state index in [2.05, 4.69) is 5.32 Å². The normalized spacial score (nSPS) is 14.2. The van der Waals surface area contributed by atoms with Crippen LogP contribution in [-0.4, -0.2) is 29.7 Å². The maximum Gasteiger partial charge on any atom is 0.237 e. The molecule has 0 aliphatic carbocycles. The summed E-state index contributed by atoms with van der Waals surface area (Å²) in [4.78, 5) is 11.6. The van der Waals surface area contributed by atoms with Gasteiger partial charge >= 0.3 is 0 Å². The molecule has 1 aromatic rings.